The smallest absolute Gasteiger partial charge is 0.194 e. The first-order chi connectivity index (χ1) is 11.8. The van der Waals surface area contributed by atoms with Gasteiger partial charge >= 0.3 is 0 Å². The van der Waals surface area contributed by atoms with Gasteiger partial charge in [-0.25, -0.2) is 0 Å². The second kappa shape index (κ2) is 8.74. The highest BCUT2D eigenvalue weighted by molar-refractivity contribution is 14.0. The van der Waals surface area contributed by atoms with E-state index in [0.29, 0.717) is 5.41 Å². The fourth-order valence-electron chi connectivity index (χ4n) is 4.67. The van der Waals surface area contributed by atoms with Gasteiger partial charge in [-0.05, 0) is 56.8 Å². The zero-order valence-corrected chi connectivity index (χ0v) is 17.9. The Kier molecular flexibility index (Phi) is 6.88. The lowest BCUT2D eigenvalue weighted by Gasteiger charge is -2.42. The van der Waals surface area contributed by atoms with Gasteiger partial charge in [0, 0.05) is 32.8 Å². The van der Waals surface area contributed by atoms with E-state index in [1.165, 1.54) is 38.5 Å². The average Bonchev–Trinajstić information content (AvgIpc) is 3.26. The molecule has 4 aliphatic rings. The zero-order chi connectivity index (χ0) is 16.4. The van der Waals surface area contributed by atoms with Crippen LogP contribution in [-0.4, -0.2) is 62.5 Å². The summed E-state index contributed by atoms with van der Waals surface area (Å²) < 4.78 is 11.8. The number of hydrogen-bond acceptors (Lipinski definition) is 3. The molecule has 0 aromatic carbocycles. The molecule has 2 saturated heterocycles. The van der Waals surface area contributed by atoms with E-state index in [0.717, 1.165) is 57.7 Å². The molecule has 2 saturated carbocycles. The first kappa shape index (κ1) is 19.7. The molecule has 144 valence electrons. The van der Waals surface area contributed by atoms with Crippen LogP contribution in [0.15, 0.2) is 4.99 Å². The Labute approximate surface area is 169 Å². The Morgan fingerprint density at radius 1 is 1.12 bits per heavy atom. The molecule has 0 radical (unpaired) electrons. The van der Waals surface area contributed by atoms with Crippen molar-refractivity contribution in [1.29, 1.82) is 0 Å². The quantitative estimate of drug-likeness (QED) is 0.387. The summed E-state index contributed by atoms with van der Waals surface area (Å²) in [7, 11) is 0. The molecule has 2 aliphatic heterocycles. The fraction of sp³-hybridized carbons (Fsp3) is 0.947. The molecule has 0 bridgehead atoms. The Morgan fingerprint density at radius 2 is 1.92 bits per heavy atom. The predicted octanol–water partition coefficient (Wildman–Crippen LogP) is 3.03. The first-order valence-corrected chi connectivity index (χ1v) is 10.1. The van der Waals surface area contributed by atoms with Gasteiger partial charge in [0.15, 0.2) is 5.96 Å². The highest BCUT2D eigenvalue weighted by Gasteiger charge is 2.49. The van der Waals surface area contributed by atoms with Crippen LogP contribution >= 0.6 is 24.0 Å². The minimum Gasteiger partial charge on any atom is -0.375 e. The van der Waals surface area contributed by atoms with E-state index in [2.05, 4.69) is 17.1 Å². The third kappa shape index (κ3) is 4.43. The van der Waals surface area contributed by atoms with Gasteiger partial charge in [-0.3, -0.25) is 4.99 Å². The van der Waals surface area contributed by atoms with Crippen molar-refractivity contribution < 1.29 is 9.47 Å². The molecule has 5 nitrogen and oxygen atoms in total. The number of morpholine rings is 1. The standard InChI is InChI=1S/C19H33N3O2.HI/c1-2-20-18(21-14-19(8-4-9-19)15-6-7-15)22-10-12-24-17(13-22)16-5-3-11-23-16;/h15-17H,2-14H2,1H3,(H,20,21);1H. The maximum absolute atomic E-state index is 6.00. The Hall–Kier alpha value is -0.0800. The van der Waals surface area contributed by atoms with E-state index in [1.807, 2.05) is 0 Å². The van der Waals surface area contributed by atoms with Crippen LogP contribution in [0.2, 0.25) is 0 Å². The van der Waals surface area contributed by atoms with Crippen molar-refractivity contribution in [2.24, 2.45) is 16.3 Å². The highest BCUT2D eigenvalue weighted by atomic mass is 127. The van der Waals surface area contributed by atoms with Gasteiger partial charge in [0.2, 0.25) is 0 Å². The summed E-state index contributed by atoms with van der Waals surface area (Å²) in [6, 6.07) is 0. The lowest BCUT2D eigenvalue weighted by atomic mass is 9.65. The van der Waals surface area contributed by atoms with E-state index >= 15 is 0 Å². The number of nitrogens with one attached hydrogen (secondary N) is 1. The molecular weight excluding hydrogens is 429 g/mol. The number of aliphatic imine (C=N–C) groups is 1. The summed E-state index contributed by atoms with van der Waals surface area (Å²) in [5.41, 5.74) is 0.543. The monoisotopic (exact) mass is 463 g/mol. The van der Waals surface area contributed by atoms with Crippen molar-refractivity contribution in [3.8, 4) is 0 Å². The van der Waals surface area contributed by atoms with E-state index in [4.69, 9.17) is 14.5 Å². The van der Waals surface area contributed by atoms with Crippen LogP contribution in [0.4, 0.5) is 0 Å². The number of ether oxygens (including phenoxy) is 2. The van der Waals surface area contributed by atoms with E-state index < -0.39 is 0 Å². The molecule has 0 amide bonds. The molecule has 0 spiro atoms. The van der Waals surface area contributed by atoms with Gasteiger partial charge in [-0.15, -0.1) is 24.0 Å². The van der Waals surface area contributed by atoms with Crippen molar-refractivity contribution in [2.75, 3.05) is 39.4 Å². The minimum absolute atomic E-state index is 0. The number of halogens is 1. The van der Waals surface area contributed by atoms with Gasteiger partial charge < -0.3 is 19.7 Å². The summed E-state index contributed by atoms with van der Waals surface area (Å²) in [4.78, 5) is 7.49. The van der Waals surface area contributed by atoms with Crippen LogP contribution in [0.5, 0.6) is 0 Å². The normalized spacial score (nSPS) is 32.0. The SMILES string of the molecule is CCNC(=NCC1(C2CC2)CCC1)N1CCOC(C2CCCO2)C1.I. The Balaban J connectivity index is 0.00000182. The van der Waals surface area contributed by atoms with Crippen molar-refractivity contribution in [3.63, 3.8) is 0 Å². The number of hydrogen-bond donors (Lipinski definition) is 1. The molecule has 2 atom stereocenters. The van der Waals surface area contributed by atoms with Crippen LogP contribution in [0.1, 0.15) is 51.9 Å². The minimum atomic E-state index is 0. The van der Waals surface area contributed by atoms with Gasteiger partial charge in [0.25, 0.3) is 0 Å². The van der Waals surface area contributed by atoms with E-state index in [9.17, 15) is 0 Å². The lowest BCUT2D eigenvalue weighted by Crippen LogP contribution is -2.53. The molecule has 4 rings (SSSR count). The molecule has 2 heterocycles. The van der Waals surface area contributed by atoms with Crippen molar-refractivity contribution in [3.05, 3.63) is 0 Å². The second-order valence-corrected chi connectivity index (χ2v) is 8.07. The van der Waals surface area contributed by atoms with Crippen LogP contribution < -0.4 is 5.32 Å². The summed E-state index contributed by atoms with van der Waals surface area (Å²) >= 11 is 0. The van der Waals surface area contributed by atoms with Crippen molar-refractivity contribution in [1.82, 2.24) is 10.2 Å². The van der Waals surface area contributed by atoms with Crippen molar-refractivity contribution >= 4 is 29.9 Å². The van der Waals surface area contributed by atoms with Gasteiger partial charge in [0.05, 0.1) is 12.7 Å². The Bertz CT molecular complexity index is 460. The van der Waals surface area contributed by atoms with Crippen LogP contribution in [-0.2, 0) is 9.47 Å². The molecule has 2 aliphatic carbocycles. The third-order valence-electron chi connectivity index (χ3n) is 6.44. The topological polar surface area (TPSA) is 46.1 Å². The molecule has 0 aromatic rings. The summed E-state index contributed by atoms with van der Waals surface area (Å²) in [6.45, 7) is 7.62. The summed E-state index contributed by atoms with van der Waals surface area (Å²) in [6.07, 6.45) is 9.84. The number of nitrogens with zero attached hydrogens (tertiary/aromatic N) is 2. The maximum Gasteiger partial charge on any atom is 0.194 e. The predicted molar refractivity (Wildman–Crippen MR) is 111 cm³/mol. The largest absolute Gasteiger partial charge is 0.375 e. The van der Waals surface area contributed by atoms with Gasteiger partial charge in [0.1, 0.15) is 6.10 Å². The molecule has 6 heteroatoms. The molecule has 0 aromatic heterocycles. The number of guanidine groups is 1. The zero-order valence-electron chi connectivity index (χ0n) is 15.5. The third-order valence-corrected chi connectivity index (χ3v) is 6.44. The summed E-state index contributed by atoms with van der Waals surface area (Å²) in [5, 5.41) is 3.52. The summed E-state index contributed by atoms with van der Waals surface area (Å²) in [5.74, 6) is 2.05. The highest BCUT2D eigenvalue weighted by Crippen LogP contribution is 2.57. The van der Waals surface area contributed by atoms with E-state index in [-0.39, 0.29) is 36.2 Å². The molecule has 1 N–H and O–H groups in total. The van der Waals surface area contributed by atoms with Gasteiger partial charge in [-0.2, -0.15) is 0 Å². The van der Waals surface area contributed by atoms with Crippen molar-refractivity contribution in [2.45, 2.75) is 64.1 Å². The number of rotatable bonds is 5. The van der Waals surface area contributed by atoms with E-state index in [1.54, 1.807) is 0 Å². The molecule has 4 fully saturated rings. The fourth-order valence-corrected chi connectivity index (χ4v) is 4.67. The molecule has 2 unspecified atom stereocenters. The molecular formula is C19H34IN3O2. The Morgan fingerprint density at radius 3 is 2.52 bits per heavy atom. The average molecular weight is 463 g/mol. The maximum atomic E-state index is 6.00. The first-order valence-electron chi connectivity index (χ1n) is 10.1. The van der Waals surface area contributed by atoms with Crippen LogP contribution in [0.3, 0.4) is 0 Å². The van der Waals surface area contributed by atoms with Crippen LogP contribution in [0, 0.1) is 11.3 Å². The molecule has 25 heavy (non-hydrogen) atoms. The lowest BCUT2D eigenvalue weighted by molar-refractivity contribution is -0.0817. The van der Waals surface area contributed by atoms with Gasteiger partial charge in [-0.1, -0.05) is 6.42 Å². The van der Waals surface area contributed by atoms with Crippen LogP contribution in [0.25, 0.3) is 0 Å². The second-order valence-electron chi connectivity index (χ2n) is 8.07.